The minimum Gasteiger partial charge on any atom is -0.303 e. The normalized spacial score (nSPS) is 34.1. The molecule has 0 saturated carbocycles. The maximum Gasteiger partial charge on any atom is 0.0280 e. The van der Waals surface area contributed by atoms with Crippen molar-refractivity contribution in [3.63, 3.8) is 0 Å². The maximum absolute atomic E-state index is 2.47. The molecule has 66 valence electrons. The molecule has 1 saturated heterocycles. The second-order valence-electron chi connectivity index (χ2n) is 4.47. The van der Waals surface area contributed by atoms with E-state index in [2.05, 4.69) is 44.7 Å². The molecular formula is C9H20N2. The van der Waals surface area contributed by atoms with E-state index >= 15 is 0 Å². The Morgan fingerprint density at radius 1 is 1.27 bits per heavy atom. The molecule has 0 bridgehead atoms. The molecule has 1 heterocycles. The van der Waals surface area contributed by atoms with Gasteiger partial charge >= 0.3 is 0 Å². The Morgan fingerprint density at radius 3 is 2.27 bits per heavy atom. The van der Waals surface area contributed by atoms with E-state index in [1.165, 1.54) is 13.1 Å². The largest absolute Gasteiger partial charge is 0.303 e. The van der Waals surface area contributed by atoms with Crippen LogP contribution in [0.4, 0.5) is 0 Å². The Bertz CT molecular complexity index is 142. The van der Waals surface area contributed by atoms with E-state index in [1.807, 2.05) is 0 Å². The highest BCUT2D eigenvalue weighted by molar-refractivity contribution is 4.90. The number of hydrogen-bond acceptors (Lipinski definition) is 2. The zero-order valence-corrected chi connectivity index (χ0v) is 8.39. The van der Waals surface area contributed by atoms with Crippen molar-refractivity contribution in [2.45, 2.75) is 32.4 Å². The first kappa shape index (κ1) is 9.01. The molecule has 0 aromatic heterocycles. The lowest BCUT2D eigenvalue weighted by atomic mass is 9.97. The van der Waals surface area contributed by atoms with Crippen LogP contribution in [0.5, 0.6) is 0 Å². The summed E-state index contributed by atoms with van der Waals surface area (Å²) in [5, 5.41) is 0. The molecule has 0 amide bonds. The average molecular weight is 156 g/mol. The second kappa shape index (κ2) is 2.76. The lowest BCUT2D eigenvalue weighted by Gasteiger charge is -2.48. The van der Waals surface area contributed by atoms with Crippen molar-refractivity contribution in [2.24, 2.45) is 0 Å². The molecule has 1 atom stereocenters. The molecule has 0 radical (unpaired) electrons. The van der Waals surface area contributed by atoms with Gasteiger partial charge in [-0.15, -0.1) is 0 Å². The Balaban J connectivity index is 2.67. The van der Waals surface area contributed by atoms with Crippen molar-refractivity contribution in [1.82, 2.24) is 9.80 Å². The number of likely N-dealkylation sites (N-methyl/N-ethyl adjacent to an activating group) is 2. The van der Waals surface area contributed by atoms with Gasteiger partial charge in [-0.1, -0.05) is 0 Å². The molecule has 2 nitrogen and oxygen atoms in total. The van der Waals surface area contributed by atoms with Crippen molar-refractivity contribution in [1.29, 1.82) is 0 Å². The molecule has 0 aromatic rings. The van der Waals surface area contributed by atoms with Gasteiger partial charge in [-0.2, -0.15) is 0 Å². The van der Waals surface area contributed by atoms with Crippen LogP contribution in [-0.2, 0) is 0 Å². The Labute approximate surface area is 70.2 Å². The Hall–Kier alpha value is -0.0800. The highest BCUT2D eigenvalue weighted by Gasteiger charge is 2.33. The molecule has 1 aliphatic heterocycles. The zero-order chi connectivity index (χ0) is 8.65. The van der Waals surface area contributed by atoms with E-state index in [1.54, 1.807) is 0 Å². The van der Waals surface area contributed by atoms with Crippen LogP contribution >= 0.6 is 0 Å². The average Bonchev–Trinajstić information content (AvgIpc) is 1.81. The molecule has 0 spiro atoms. The summed E-state index contributed by atoms with van der Waals surface area (Å²) in [5.41, 5.74) is 0.340. The Kier molecular flexibility index (Phi) is 2.26. The van der Waals surface area contributed by atoms with E-state index in [0.29, 0.717) is 11.6 Å². The van der Waals surface area contributed by atoms with Crippen LogP contribution in [0.15, 0.2) is 0 Å². The molecule has 2 heteroatoms. The summed E-state index contributed by atoms with van der Waals surface area (Å²) in [5.74, 6) is 0. The smallest absolute Gasteiger partial charge is 0.0280 e. The molecule has 1 aliphatic rings. The summed E-state index contributed by atoms with van der Waals surface area (Å²) in [6, 6.07) is 0.684. The van der Waals surface area contributed by atoms with Crippen molar-refractivity contribution in [2.75, 3.05) is 27.2 Å². The van der Waals surface area contributed by atoms with Gasteiger partial charge in [0.15, 0.2) is 0 Å². The van der Waals surface area contributed by atoms with Gasteiger partial charge in [-0.05, 0) is 34.9 Å². The van der Waals surface area contributed by atoms with Gasteiger partial charge in [0.05, 0.1) is 0 Å². The van der Waals surface area contributed by atoms with Crippen molar-refractivity contribution >= 4 is 0 Å². The van der Waals surface area contributed by atoms with Gasteiger partial charge in [0.2, 0.25) is 0 Å². The summed E-state index contributed by atoms with van der Waals surface area (Å²) >= 11 is 0. The van der Waals surface area contributed by atoms with E-state index in [0.717, 1.165) is 0 Å². The quantitative estimate of drug-likeness (QED) is 0.517. The number of nitrogens with zero attached hydrogens (tertiary/aromatic N) is 2. The fourth-order valence-corrected chi connectivity index (χ4v) is 2.01. The third-order valence-electron chi connectivity index (χ3n) is 2.85. The fraction of sp³-hybridized carbons (Fsp3) is 1.00. The van der Waals surface area contributed by atoms with Crippen molar-refractivity contribution < 1.29 is 0 Å². The number of rotatable bonds is 0. The molecule has 0 aromatic carbocycles. The van der Waals surface area contributed by atoms with Gasteiger partial charge in [-0.25, -0.2) is 0 Å². The molecular weight excluding hydrogens is 136 g/mol. The fourth-order valence-electron chi connectivity index (χ4n) is 2.01. The first-order chi connectivity index (χ1) is 4.93. The highest BCUT2D eigenvalue weighted by Crippen LogP contribution is 2.21. The summed E-state index contributed by atoms with van der Waals surface area (Å²) < 4.78 is 0. The molecule has 1 rings (SSSR count). The first-order valence-electron chi connectivity index (χ1n) is 4.35. The lowest BCUT2D eigenvalue weighted by molar-refractivity contribution is 0.0128. The minimum atomic E-state index is 0.340. The monoisotopic (exact) mass is 156 g/mol. The third kappa shape index (κ3) is 1.74. The minimum absolute atomic E-state index is 0.340. The van der Waals surface area contributed by atoms with E-state index in [-0.39, 0.29) is 0 Å². The summed E-state index contributed by atoms with van der Waals surface area (Å²) in [7, 11) is 4.42. The van der Waals surface area contributed by atoms with Crippen molar-refractivity contribution in [3.05, 3.63) is 0 Å². The summed E-state index contributed by atoms with van der Waals surface area (Å²) in [6.45, 7) is 9.27. The van der Waals surface area contributed by atoms with Gasteiger partial charge < -0.3 is 4.90 Å². The number of hydrogen-bond donors (Lipinski definition) is 0. The Morgan fingerprint density at radius 2 is 1.82 bits per heavy atom. The van der Waals surface area contributed by atoms with Crippen LogP contribution in [-0.4, -0.2) is 48.6 Å². The predicted molar refractivity (Wildman–Crippen MR) is 48.8 cm³/mol. The maximum atomic E-state index is 2.47. The van der Waals surface area contributed by atoms with E-state index in [9.17, 15) is 0 Å². The van der Waals surface area contributed by atoms with E-state index < -0.39 is 0 Å². The molecule has 1 unspecified atom stereocenters. The molecule has 0 aliphatic carbocycles. The molecule has 11 heavy (non-hydrogen) atoms. The second-order valence-corrected chi connectivity index (χ2v) is 4.47. The predicted octanol–water partition coefficient (Wildman–Crippen LogP) is 1.03. The van der Waals surface area contributed by atoms with Crippen LogP contribution < -0.4 is 0 Å². The van der Waals surface area contributed by atoms with Crippen LogP contribution in [0.3, 0.4) is 0 Å². The van der Waals surface area contributed by atoms with Crippen LogP contribution in [0.1, 0.15) is 20.8 Å². The van der Waals surface area contributed by atoms with Gasteiger partial charge in [0.1, 0.15) is 0 Å². The van der Waals surface area contributed by atoms with E-state index in [4.69, 9.17) is 0 Å². The summed E-state index contributed by atoms with van der Waals surface area (Å²) in [4.78, 5) is 4.87. The van der Waals surface area contributed by atoms with Crippen molar-refractivity contribution in [3.8, 4) is 0 Å². The standard InChI is InChI=1S/C9H20N2/c1-8-6-10(4)7-9(2,3)11(8)5/h8H,6-7H2,1-5H3. The lowest BCUT2D eigenvalue weighted by Crippen LogP contribution is -2.60. The third-order valence-corrected chi connectivity index (χ3v) is 2.85. The topological polar surface area (TPSA) is 6.48 Å². The summed E-state index contributed by atoms with van der Waals surface area (Å²) in [6.07, 6.45) is 0. The van der Waals surface area contributed by atoms with Gasteiger partial charge in [-0.3, -0.25) is 4.90 Å². The highest BCUT2D eigenvalue weighted by atomic mass is 15.3. The van der Waals surface area contributed by atoms with Gasteiger partial charge in [0.25, 0.3) is 0 Å². The van der Waals surface area contributed by atoms with Crippen LogP contribution in [0.25, 0.3) is 0 Å². The van der Waals surface area contributed by atoms with Crippen LogP contribution in [0.2, 0.25) is 0 Å². The van der Waals surface area contributed by atoms with Crippen LogP contribution in [0, 0.1) is 0 Å². The first-order valence-corrected chi connectivity index (χ1v) is 4.35. The zero-order valence-electron chi connectivity index (χ0n) is 8.39. The SMILES string of the molecule is CC1CN(C)CC(C)(C)N1C. The number of piperazine rings is 1. The molecule has 1 fully saturated rings. The van der Waals surface area contributed by atoms with Gasteiger partial charge in [0, 0.05) is 24.7 Å². The molecule has 0 N–H and O–H groups in total.